The highest BCUT2D eigenvalue weighted by atomic mass is 16.5. The summed E-state index contributed by atoms with van der Waals surface area (Å²) in [6.45, 7) is 13.6. The minimum Gasteiger partial charge on any atom is -0.481 e. The van der Waals surface area contributed by atoms with Gasteiger partial charge in [-0.05, 0) is 18.6 Å². The van der Waals surface area contributed by atoms with Crippen molar-refractivity contribution in [3.63, 3.8) is 0 Å². The molecule has 1 saturated heterocycles. The van der Waals surface area contributed by atoms with Crippen molar-refractivity contribution in [2.45, 2.75) is 60.0 Å². The van der Waals surface area contributed by atoms with Crippen LogP contribution >= 0.6 is 0 Å². The molecule has 0 saturated carbocycles. The van der Waals surface area contributed by atoms with Crippen molar-refractivity contribution in [1.29, 1.82) is 0 Å². The van der Waals surface area contributed by atoms with Crippen LogP contribution in [0, 0.1) is 0 Å². The fourth-order valence-corrected chi connectivity index (χ4v) is 1.33. The summed E-state index contributed by atoms with van der Waals surface area (Å²) >= 11 is 0. The zero-order valence-corrected chi connectivity index (χ0v) is 12.8. The number of allylic oxidation sites excluding steroid dienone is 2. The van der Waals surface area contributed by atoms with Crippen LogP contribution in [0.3, 0.4) is 0 Å². The number of piperidine rings is 1. The van der Waals surface area contributed by atoms with Gasteiger partial charge in [0.05, 0.1) is 0 Å². The number of carbonyl (C=O) groups excluding carboxylic acids is 2. The van der Waals surface area contributed by atoms with Crippen molar-refractivity contribution in [1.82, 2.24) is 5.32 Å². The molecule has 1 aliphatic heterocycles. The Balaban J connectivity index is 0. The predicted octanol–water partition coefficient (Wildman–Crippen LogP) is 3.34. The molecule has 0 bridgehead atoms. The van der Waals surface area contributed by atoms with Gasteiger partial charge in [0.2, 0.25) is 5.91 Å². The normalized spacial score (nSPS) is 18.2. The summed E-state index contributed by atoms with van der Waals surface area (Å²) in [5.41, 5.74) is 0. The summed E-state index contributed by atoms with van der Waals surface area (Å²) in [4.78, 5) is 22.2. The van der Waals surface area contributed by atoms with Crippen LogP contribution in [0.5, 0.6) is 0 Å². The number of hydrogen-bond donors (Lipinski definition) is 1. The number of amides is 2. The highest BCUT2D eigenvalue weighted by Gasteiger charge is 2.28. The third kappa shape index (κ3) is 8.19. The molecular weight excluding hydrogens is 242 g/mol. The molecule has 0 aromatic carbocycles. The van der Waals surface area contributed by atoms with E-state index in [0.717, 1.165) is 6.42 Å². The van der Waals surface area contributed by atoms with E-state index < -0.39 is 6.10 Å². The summed E-state index contributed by atoms with van der Waals surface area (Å²) in [5, 5.41) is 2.24. The molecule has 1 rings (SSSR count). The number of rotatable bonds is 4. The van der Waals surface area contributed by atoms with Gasteiger partial charge >= 0.3 is 0 Å². The molecule has 4 heteroatoms. The van der Waals surface area contributed by atoms with E-state index in [1.165, 1.54) is 0 Å². The smallest absolute Gasteiger partial charge is 0.267 e. The van der Waals surface area contributed by atoms with Crippen LogP contribution in [0.15, 0.2) is 24.5 Å². The highest BCUT2D eigenvalue weighted by Crippen LogP contribution is 2.13. The van der Waals surface area contributed by atoms with Crippen molar-refractivity contribution in [2.24, 2.45) is 0 Å². The van der Waals surface area contributed by atoms with Crippen LogP contribution in [0.2, 0.25) is 0 Å². The topological polar surface area (TPSA) is 55.4 Å². The van der Waals surface area contributed by atoms with Gasteiger partial charge in [-0.1, -0.05) is 41.2 Å². The van der Waals surface area contributed by atoms with Gasteiger partial charge in [-0.3, -0.25) is 14.9 Å². The van der Waals surface area contributed by atoms with Crippen LogP contribution in [0.1, 0.15) is 53.9 Å². The summed E-state index contributed by atoms with van der Waals surface area (Å²) in [6.07, 6.45) is 4.41. The van der Waals surface area contributed by atoms with Crippen molar-refractivity contribution in [3.05, 3.63) is 24.5 Å². The Morgan fingerprint density at radius 1 is 1.37 bits per heavy atom. The van der Waals surface area contributed by atoms with Gasteiger partial charge in [0.1, 0.15) is 5.76 Å². The maximum Gasteiger partial charge on any atom is 0.267 e. The minimum atomic E-state index is -0.571. The molecule has 19 heavy (non-hydrogen) atoms. The fourth-order valence-electron chi connectivity index (χ4n) is 1.33. The van der Waals surface area contributed by atoms with E-state index in [2.05, 4.69) is 11.9 Å². The monoisotopic (exact) mass is 269 g/mol. The molecule has 1 atom stereocenters. The van der Waals surface area contributed by atoms with Crippen molar-refractivity contribution in [2.75, 3.05) is 0 Å². The first-order chi connectivity index (χ1) is 9.17. The molecule has 1 N–H and O–H groups in total. The van der Waals surface area contributed by atoms with Gasteiger partial charge in [0.25, 0.3) is 5.91 Å². The van der Waals surface area contributed by atoms with Crippen molar-refractivity contribution >= 4 is 11.8 Å². The molecule has 1 heterocycles. The number of hydrogen-bond acceptors (Lipinski definition) is 3. The Bertz CT molecular complexity index is 309. The maximum atomic E-state index is 11.3. The first kappa shape index (κ1) is 19.8. The molecule has 1 unspecified atom stereocenters. The third-order valence-electron chi connectivity index (χ3n) is 2.07. The van der Waals surface area contributed by atoms with Gasteiger partial charge in [0, 0.05) is 12.8 Å². The molecule has 2 amide bonds. The van der Waals surface area contributed by atoms with Crippen LogP contribution in [-0.2, 0) is 14.3 Å². The molecule has 0 aromatic rings. The summed E-state index contributed by atoms with van der Waals surface area (Å²) in [6, 6.07) is 0. The van der Waals surface area contributed by atoms with E-state index in [9.17, 15) is 9.59 Å². The Kier molecular flexibility index (Phi) is 13.4. The van der Waals surface area contributed by atoms with E-state index in [-0.39, 0.29) is 11.8 Å². The molecule has 0 aliphatic carbocycles. The van der Waals surface area contributed by atoms with Crippen molar-refractivity contribution in [3.8, 4) is 0 Å². The average molecular weight is 269 g/mol. The van der Waals surface area contributed by atoms with Crippen LogP contribution in [0.25, 0.3) is 0 Å². The lowest BCUT2D eigenvalue weighted by Crippen LogP contribution is -2.44. The Labute approximate surface area is 116 Å². The Hall–Kier alpha value is -1.58. The zero-order chi connectivity index (χ0) is 15.3. The first-order valence-corrected chi connectivity index (χ1v) is 7.00. The highest BCUT2D eigenvalue weighted by molar-refractivity contribution is 5.99. The SMILES string of the molecule is C=C/C(=C\CC)OC1CCC(=O)NC1=O.CC.CC. The number of ether oxygens (including phenoxy) is 1. The second-order valence-electron chi connectivity index (χ2n) is 3.28. The predicted molar refractivity (Wildman–Crippen MR) is 78.5 cm³/mol. The fraction of sp³-hybridized carbons (Fsp3) is 0.600. The Morgan fingerprint density at radius 2 is 1.95 bits per heavy atom. The lowest BCUT2D eigenvalue weighted by molar-refractivity contribution is -0.140. The van der Waals surface area contributed by atoms with Gasteiger partial charge in [0.15, 0.2) is 6.10 Å². The van der Waals surface area contributed by atoms with Crippen LogP contribution in [-0.4, -0.2) is 17.9 Å². The number of nitrogens with one attached hydrogen (secondary N) is 1. The van der Waals surface area contributed by atoms with Gasteiger partial charge in [-0.25, -0.2) is 0 Å². The van der Waals surface area contributed by atoms with Gasteiger partial charge in [-0.15, -0.1) is 0 Å². The van der Waals surface area contributed by atoms with Crippen LogP contribution < -0.4 is 5.32 Å². The molecule has 0 spiro atoms. The molecule has 0 aromatic heterocycles. The molecule has 1 fully saturated rings. The molecule has 110 valence electrons. The van der Waals surface area contributed by atoms with E-state index in [1.807, 2.05) is 40.7 Å². The summed E-state index contributed by atoms with van der Waals surface area (Å²) in [5.74, 6) is -0.0124. The molecular formula is C15H27NO3. The third-order valence-corrected chi connectivity index (χ3v) is 2.07. The minimum absolute atomic E-state index is 0.237. The van der Waals surface area contributed by atoms with Crippen LogP contribution in [0.4, 0.5) is 0 Å². The van der Waals surface area contributed by atoms with E-state index in [4.69, 9.17) is 4.74 Å². The second kappa shape index (κ2) is 12.9. The molecule has 1 aliphatic rings. The van der Waals surface area contributed by atoms with E-state index in [1.54, 1.807) is 6.08 Å². The zero-order valence-electron chi connectivity index (χ0n) is 12.8. The molecule has 4 nitrogen and oxygen atoms in total. The number of carbonyl (C=O) groups is 2. The Morgan fingerprint density at radius 3 is 2.37 bits per heavy atom. The van der Waals surface area contributed by atoms with Gasteiger partial charge in [-0.2, -0.15) is 0 Å². The summed E-state index contributed by atoms with van der Waals surface area (Å²) in [7, 11) is 0. The van der Waals surface area contributed by atoms with E-state index >= 15 is 0 Å². The van der Waals surface area contributed by atoms with Crippen molar-refractivity contribution < 1.29 is 14.3 Å². The maximum absolute atomic E-state index is 11.3. The first-order valence-electron chi connectivity index (χ1n) is 7.00. The number of imide groups is 1. The standard InChI is InChI=1S/C11H15NO3.2C2H6/c1-3-5-8(4-2)15-9-6-7-10(13)12-11(9)14;2*1-2/h4-5,9H,2-3,6-7H2,1H3,(H,12,13,14);2*1-2H3/b8-5+;;. The quantitative estimate of drug-likeness (QED) is 0.484. The second-order valence-corrected chi connectivity index (χ2v) is 3.28. The van der Waals surface area contributed by atoms with E-state index in [0.29, 0.717) is 18.6 Å². The summed E-state index contributed by atoms with van der Waals surface area (Å²) < 4.78 is 5.42. The lowest BCUT2D eigenvalue weighted by Gasteiger charge is -2.22. The van der Waals surface area contributed by atoms with Gasteiger partial charge < -0.3 is 4.74 Å². The molecule has 0 radical (unpaired) electrons. The lowest BCUT2D eigenvalue weighted by atomic mass is 10.1. The largest absolute Gasteiger partial charge is 0.481 e. The average Bonchev–Trinajstić information content (AvgIpc) is 2.45.